The molecule has 158 valence electrons. The minimum absolute atomic E-state index is 0.273. The molecular formula is C23H23N5O3. The van der Waals surface area contributed by atoms with Crippen molar-refractivity contribution in [1.29, 1.82) is 0 Å². The second-order valence-electron chi connectivity index (χ2n) is 7.24. The fourth-order valence-electron chi connectivity index (χ4n) is 3.38. The van der Waals surface area contributed by atoms with Gasteiger partial charge in [-0.3, -0.25) is 9.59 Å². The lowest BCUT2D eigenvalue weighted by atomic mass is 10.1. The predicted molar refractivity (Wildman–Crippen MR) is 118 cm³/mol. The van der Waals surface area contributed by atoms with Crippen molar-refractivity contribution >= 4 is 11.7 Å². The molecule has 0 atom stereocenters. The molecule has 1 aromatic carbocycles. The Hall–Kier alpha value is -3.78. The maximum absolute atomic E-state index is 13.1. The number of hydrogen-bond donors (Lipinski definition) is 1. The van der Waals surface area contributed by atoms with Gasteiger partial charge in [-0.25, -0.2) is 4.98 Å². The fourth-order valence-corrected chi connectivity index (χ4v) is 3.38. The van der Waals surface area contributed by atoms with Gasteiger partial charge in [0.1, 0.15) is 11.5 Å². The molecule has 0 unspecified atom stereocenters. The summed E-state index contributed by atoms with van der Waals surface area (Å²) in [5.74, 6) is 0.0691. The van der Waals surface area contributed by atoms with Gasteiger partial charge in [-0.15, -0.1) is 0 Å². The van der Waals surface area contributed by atoms with E-state index in [0.717, 1.165) is 12.0 Å². The first kappa shape index (κ1) is 20.5. The Kier molecular flexibility index (Phi) is 5.90. The summed E-state index contributed by atoms with van der Waals surface area (Å²) in [4.78, 5) is 30.4. The Balaban J connectivity index is 1.79. The van der Waals surface area contributed by atoms with Crippen LogP contribution in [0.5, 0.6) is 0 Å². The van der Waals surface area contributed by atoms with Crippen LogP contribution in [0.4, 0.5) is 5.82 Å². The van der Waals surface area contributed by atoms with Crippen molar-refractivity contribution in [2.45, 2.75) is 19.9 Å². The van der Waals surface area contributed by atoms with Gasteiger partial charge in [0.25, 0.3) is 11.5 Å². The van der Waals surface area contributed by atoms with E-state index in [-0.39, 0.29) is 11.5 Å². The Labute approximate surface area is 179 Å². The molecule has 8 heteroatoms. The van der Waals surface area contributed by atoms with E-state index in [4.69, 9.17) is 4.74 Å². The fraction of sp³-hybridized carbons (Fsp3) is 0.217. The maximum atomic E-state index is 13.1. The Morgan fingerprint density at radius 3 is 2.71 bits per heavy atom. The monoisotopic (exact) mass is 417 g/mol. The van der Waals surface area contributed by atoms with Gasteiger partial charge in [-0.05, 0) is 43.2 Å². The van der Waals surface area contributed by atoms with Crippen LogP contribution in [-0.2, 0) is 11.3 Å². The molecule has 8 nitrogen and oxygen atoms in total. The van der Waals surface area contributed by atoms with Crippen LogP contribution in [-0.4, -0.2) is 39.0 Å². The summed E-state index contributed by atoms with van der Waals surface area (Å²) < 4.78 is 8.28. The summed E-state index contributed by atoms with van der Waals surface area (Å²) >= 11 is 0. The highest BCUT2D eigenvalue weighted by molar-refractivity contribution is 6.07. The molecule has 0 saturated carbocycles. The number of nitrogens with one attached hydrogen (secondary N) is 1. The standard InChI is InChI=1S/C23H23N5O3/c1-16-9-10-24-20(13-16)25-22(29)18-14-27(11-6-12-31-2)15-19-21(18)26-28(23(19)30)17-7-4-3-5-8-17/h3-5,7-10,13-15H,6,11-12H2,1-2H3,(H,24,25,29). The van der Waals surface area contributed by atoms with Crippen molar-refractivity contribution in [2.24, 2.45) is 0 Å². The van der Waals surface area contributed by atoms with Crippen molar-refractivity contribution in [2.75, 3.05) is 19.0 Å². The lowest BCUT2D eigenvalue weighted by Crippen LogP contribution is -2.18. The average Bonchev–Trinajstić information content (AvgIpc) is 3.10. The van der Waals surface area contributed by atoms with E-state index in [1.165, 1.54) is 4.68 Å². The van der Waals surface area contributed by atoms with Crippen LogP contribution >= 0.6 is 0 Å². The number of anilines is 1. The molecule has 0 aliphatic carbocycles. The van der Waals surface area contributed by atoms with Crippen molar-refractivity contribution in [3.8, 4) is 16.9 Å². The summed E-state index contributed by atoms with van der Waals surface area (Å²) in [6.07, 6.45) is 5.83. The lowest BCUT2D eigenvalue weighted by Gasteiger charge is -2.12. The third kappa shape index (κ3) is 4.39. The van der Waals surface area contributed by atoms with Crippen LogP contribution < -0.4 is 10.9 Å². The molecule has 0 spiro atoms. The Bertz CT molecular complexity index is 1230. The third-order valence-electron chi connectivity index (χ3n) is 4.89. The number of pyridine rings is 2. The van der Waals surface area contributed by atoms with Crippen molar-refractivity contribution in [1.82, 2.24) is 19.3 Å². The molecule has 2 aliphatic heterocycles. The number of rotatable bonds is 7. The first-order valence-corrected chi connectivity index (χ1v) is 9.98. The first-order chi connectivity index (χ1) is 15.1. The second-order valence-corrected chi connectivity index (χ2v) is 7.24. The van der Waals surface area contributed by atoms with Crippen LogP contribution in [0.25, 0.3) is 16.9 Å². The van der Waals surface area contributed by atoms with Crippen molar-refractivity contribution < 1.29 is 9.53 Å². The maximum Gasteiger partial charge on any atom is 0.282 e. The number of fused-ring (bicyclic) bond motifs is 1. The van der Waals surface area contributed by atoms with Crippen molar-refractivity contribution in [3.63, 3.8) is 0 Å². The number of aryl methyl sites for hydroxylation is 2. The third-order valence-corrected chi connectivity index (χ3v) is 4.89. The van der Waals surface area contributed by atoms with Crippen molar-refractivity contribution in [3.05, 3.63) is 82.5 Å². The number of benzene rings is 1. The number of carbonyl (C=O) groups is 1. The zero-order valence-corrected chi connectivity index (χ0v) is 17.4. The number of methoxy groups -OCH3 is 1. The molecule has 2 aromatic rings. The van der Waals surface area contributed by atoms with E-state index < -0.39 is 0 Å². The zero-order chi connectivity index (χ0) is 21.8. The van der Waals surface area contributed by atoms with E-state index in [2.05, 4.69) is 15.4 Å². The summed E-state index contributed by atoms with van der Waals surface area (Å²) in [6, 6.07) is 12.8. The Morgan fingerprint density at radius 1 is 1.16 bits per heavy atom. The summed E-state index contributed by atoms with van der Waals surface area (Å²) in [5, 5.41) is 7.30. The Morgan fingerprint density at radius 2 is 1.97 bits per heavy atom. The highest BCUT2D eigenvalue weighted by Crippen LogP contribution is 2.23. The van der Waals surface area contributed by atoms with Crippen LogP contribution in [0.2, 0.25) is 0 Å². The summed E-state index contributed by atoms with van der Waals surface area (Å²) in [5.41, 5.74) is 2.39. The van der Waals surface area contributed by atoms with Gasteiger partial charge < -0.3 is 14.6 Å². The highest BCUT2D eigenvalue weighted by Gasteiger charge is 2.24. The molecule has 0 bridgehead atoms. The molecular weight excluding hydrogens is 394 g/mol. The smallest absolute Gasteiger partial charge is 0.282 e. The molecule has 1 amide bonds. The summed E-state index contributed by atoms with van der Waals surface area (Å²) in [6.45, 7) is 3.10. The van der Waals surface area contributed by atoms with Gasteiger partial charge in [-0.1, -0.05) is 18.2 Å². The van der Waals surface area contributed by atoms with E-state index >= 15 is 0 Å². The highest BCUT2D eigenvalue weighted by atomic mass is 16.5. The second kappa shape index (κ2) is 8.93. The molecule has 1 N–H and O–H groups in total. The predicted octanol–water partition coefficient (Wildman–Crippen LogP) is 3.13. The quantitative estimate of drug-likeness (QED) is 0.467. The molecule has 4 rings (SSSR count). The SMILES string of the molecule is COCCCn1cc(C(=O)Nc2cc(C)ccn2)c2nn(-c3ccccc3)c(=O)c-2c1. The largest absolute Gasteiger partial charge is 0.385 e. The van der Waals surface area contributed by atoms with E-state index in [9.17, 15) is 9.59 Å². The van der Waals surface area contributed by atoms with Gasteiger partial charge in [0, 0.05) is 38.9 Å². The molecule has 0 radical (unpaired) electrons. The molecule has 0 saturated heterocycles. The number of amides is 1. The minimum Gasteiger partial charge on any atom is -0.385 e. The molecule has 0 fully saturated rings. The van der Waals surface area contributed by atoms with Gasteiger partial charge in [0.2, 0.25) is 0 Å². The number of nitrogens with zero attached hydrogens (tertiary/aromatic N) is 4. The van der Waals surface area contributed by atoms with E-state index in [0.29, 0.717) is 41.5 Å². The van der Waals surface area contributed by atoms with Gasteiger partial charge in [0.15, 0.2) is 0 Å². The number of para-hydroxylation sites is 1. The van der Waals surface area contributed by atoms with Crippen LogP contribution in [0.3, 0.4) is 0 Å². The van der Waals surface area contributed by atoms with Gasteiger partial charge in [0.05, 0.1) is 16.8 Å². The molecule has 1 aromatic heterocycles. The van der Waals surface area contributed by atoms with Gasteiger partial charge in [-0.2, -0.15) is 9.78 Å². The number of ether oxygens (including phenoxy) is 1. The summed E-state index contributed by atoms with van der Waals surface area (Å²) in [7, 11) is 1.64. The van der Waals surface area contributed by atoms with Crippen LogP contribution in [0.15, 0.2) is 65.8 Å². The van der Waals surface area contributed by atoms with Crippen LogP contribution in [0, 0.1) is 6.92 Å². The molecule has 31 heavy (non-hydrogen) atoms. The van der Waals surface area contributed by atoms with Crippen LogP contribution in [0.1, 0.15) is 22.3 Å². The topological polar surface area (TPSA) is 91.0 Å². The lowest BCUT2D eigenvalue weighted by molar-refractivity contribution is 0.102. The zero-order valence-electron chi connectivity index (χ0n) is 17.4. The minimum atomic E-state index is -0.373. The number of hydrogen-bond acceptors (Lipinski definition) is 5. The average molecular weight is 417 g/mol. The molecule has 2 aliphatic rings. The normalized spacial score (nSPS) is 11.0. The number of aromatic nitrogens is 4. The van der Waals surface area contributed by atoms with E-state index in [1.807, 2.05) is 35.8 Å². The number of carbonyl (C=O) groups excluding carboxylic acids is 1. The van der Waals surface area contributed by atoms with E-state index in [1.54, 1.807) is 43.9 Å². The molecule has 3 heterocycles. The first-order valence-electron chi connectivity index (χ1n) is 9.98. The van der Waals surface area contributed by atoms with Gasteiger partial charge >= 0.3 is 0 Å².